The Balaban J connectivity index is 1.72. The highest BCUT2D eigenvalue weighted by molar-refractivity contribution is 7.89. The molecule has 30 heavy (non-hydrogen) atoms. The molecule has 0 bridgehead atoms. The van der Waals surface area contributed by atoms with E-state index in [1.54, 1.807) is 24.3 Å². The van der Waals surface area contributed by atoms with Gasteiger partial charge in [-0.05, 0) is 47.5 Å². The molecule has 3 aromatic carbocycles. The van der Waals surface area contributed by atoms with Crippen LogP contribution in [0.2, 0.25) is 0 Å². The van der Waals surface area contributed by atoms with E-state index in [2.05, 4.69) is 0 Å². The summed E-state index contributed by atoms with van der Waals surface area (Å²) in [4.78, 5) is 10.5. The molecule has 2 N–H and O–H groups in total. The second-order valence-electron chi connectivity index (χ2n) is 6.86. The Morgan fingerprint density at radius 2 is 1.60 bits per heavy atom. The standard InChI is InChI=1S/C21H18N4O4S/c22-30(28,29)19-12-10-17(11-13-19)24-21(16-4-2-1-3-5-16)14-20(23-24)15-6-8-18(9-7-15)25(26)27/h1-13,21H,14H2,(H2,22,28,29). The maximum atomic E-state index is 11.6. The number of nitro benzene ring substituents is 1. The monoisotopic (exact) mass is 422 g/mol. The van der Waals surface area contributed by atoms with Gasteiger partial charge >= 0.3 is 0 Å². The molecule has 0 aromatic heterocycles. The van der Waals surface area contributed by atoms with E-state index in [0.29, 0.717) is 12.1 Å². The molecule has 0 fully saturated rings. The molecule has 152 valence electrons. The van der Waals surface area contributed by atoms with Crippen LogP contribution in [0.3, 0.4) is 0 Å². The van der Waals surface area contributed by atoms with Gasteiger partial charge in [-0.3, -0.25) is 15.1 Å². The lowest BCUT2D eigenvalue weighted by molar-refractivity contribution is -0.384. The SMILES string of the molecule is NS(=O)(=O)c1ccc(N2N=C(c3ccc([N+](=O)[O-])cc3)CC2c2ccccc2)cc1. The highest BCUT2D eigenvalue weighted by Crippen LogP contribution is 2.37. The number of sulfonamides is 1. The lowest BCUT2D eigenvalue weighted by Crippen LogP contribution is -2.19. The molecule has 0 radical (unpaired) electrons. The number of rotatable bonds is 5. The van der Waals surface area contributed by atoms with Crippen LogP contribution in [0.1, 0.15) is 23.6 Å². The normalized spacial score (nSPS) is 16.4. The fraction of sp³-hybridized carbons (Fsp3) is 0.0952. The Bertz CT molecular complexity index is 1210. The maximum absolute atomic E-state index is 11.6. The number of nitro groups is 1. The van der Waals surface area contributed by atoms with Crippen molar-refractivity contribution in [3.8, 4) is 0 Å². The summed E-state index contributed by atoms with van der Waals surface area (Å²) in [5.74, 6) is 0. The van der Waals surface area contributed by atoms with E-state index in [9.17, 15) is 18.5 Å². The molecule has 0 saturated carbocycles. The van der Waals surface area contributed by atoms with Crippen molar-refractivity contribution in [2.75, 3.05) is 5.01 Å². The average molecular weight is 422 g/mol. The van der Waals surface area contributed by atoms with Crippen LogP contribution in [0, 0.1) is 10.1 Å². The lowest BCUT2D eigenvalue weighted by Gasteiger charge is -2.24. The van der Waals surface area contributed by atoms with Gasteiger partial charge in [0.15, 0.2) is 0 Å². The average Bonchev–Trinajstić information content (AvgIpc) is 3.19. The summed E-state index contributed by atoms with van der Waals surface area (Å²) in [5, 5.41) is 22.7. The molecule has 3 aromatic rings. The van der Waals surface area contributed by atoms with E-state index >= 15 is 0 Å². The van der Waals surface area contributed by atoms with Crippen molar-refractivity contribution < 1.29 is 13.3 Å². The number of benzene rings is 3. The van der Waals surface area contributed by atoms with Gasteiger partial charge in [0.05, 0.1) is 27.3 Å². The first-order valence-electron chi connectivity index (χ1n) is 9.12. The number of hydrogen-bond acceptors (Lipinski definition) is 6. The van der Waals surface area contributed by atoms with Crippen molar-refractivity contribution in [3.63, 3.8) is 0 Å². The highest BCUT2D eigenvalue weighted by Gasteiger charge is 2.30. The van der Waals surface area contributed by atoms with Crippen LogP contribution < -0.4 is 10.1 Å². The van der Waals surface area contributed by atoms with Crippen LogP contribution in [0.5, 0.6) is 0 Å². The minimum absolute atomic E-state index is 0.0207. The van der Waals surface area contributed by atoms with Gasteiger partial charge in [-0.25, -0.2) is 13.6 Å². The van der Waals surface area contributed by atoms with E-state index < -0.39 is 14.9 Å². The molecule has 0 saturated heterocycles. The Kier molecular flexibility index (Phi) is 5.06. The first kappa shape index (κ1) is 19.7. The molecule has 9 heteroatoms. The smallest absolute Gasteiger partial charge is 0.258 e. The van der Waals surface area contributed by atoms with Crippen molar-refractivity contribution in [2.45, 2.75) is 17.4 Å². The van der Waals surface area contributed by atoms with Gasteiger partial charge in [-0.15, -0.1) is 0 Å². The molecule has 8 nitrogen and oxygen atoms in total. The molecule has 0 aliphatic carbocycles. The number of primary sulfonamides is 1. The number of non-ortho nitro benzene ring substituents is 1. The van der Waals surface area contributed by atoms with E-state index in [4.69, 9.17) is 10.2 Å². The summed E-state index contributed by atoms with van der Waals surface area (Å²) in [6.45, 7) is 0. The molecule has 0 spiro atoms. The largest absolute Gasteiger partial charge is 0.269 e. The van der Waals surface area contributed by atoms with E-state index in [1.807, 2.05) is 35.3 Å². The first-order chi connectivity index (χ1) is 14.3. The summed E-state index contributed by atoms with van der Waals surface area (Å²) < 4.78 is 23.1. The van der Waals surface area contributed by atoms with Crippen LogP contribution in [-0.2, 0) is 10.0 Å². The van der Waals surface area contributed by atoms with Crippen molar-refractivity contribution >= 4 is 27.1 Å². The molecule has 4 rings (SSSR count). The Labute approximate surface area is 173 Å². The summed E-state index contributed by atoms with van der Waals surface area (Å²) in [6, 6.07) is 22.3. The predicted molar refractivity (Wildman–Crippen MR) is 114 cm³/mol. The van der Waals surface area contributed by atoms with Gasteiger partial charge in [0.1, 0.15) is 0 Å². The first-order valence-corrected chi connectivity index (χ1v) is 10.7. The van der Waals surface area contributed by atoms with Crippen LogP contribution in [0.25, 0.3) is 0 Å². The fourth-order valence-corrected chi connectivity index (χ4v) is 3.94. The second kappa shape index (κ2) is 7.69. The lowest BCUT2D eigenvalue weighted by atomic mass is 9.98. The minimum Gasteiger partial charge on any atom is -0.258 e. The third kappa shape index (κ3) is 3.93. The zero-order chi connectivity index (χ0) is 21.3. The van der Waals surface area contributed by atoms with Gasteiger partial charge in [0.25, 0.3) is 5.69 Å². The minimum atomic E-state index is -3.78. The molecular formula is C21H18N4O4S. The molecule has 1 unspecified atom stereocenters. The number of anilines is 1. The van der Waals surface area contributed by atoms with E-state index in [-0.39, 0.29) is 16.6 Å². The molecule has 1 heterocycles. The summed E-state index contributed by atoms with van der Waals surface area (Å²) in [5.41, 5.74) is 3.37. The zero-order valence-electron chi connectivity index (χ0n) is 15.8. The summed E-state index contributed by atoms with van der Waals surface area (Å²) in [7, 11) is -3.78. The molecule has 1 aliphatic heterocycles. The Morgan fingerprint density at radius 3 is 2.17 bits per heavy atom. The van der Waals surface area contributed by atoms with Crippen LogP contribution >= 0.6 is 0 Å². The van der Waals surface area contributed by atoms with Crippen molar-refractivity contribution in [1.29, 1.82) is 0 Å². The number of nitrogens with zero attached hydrogens (tertiary/aromatic N) is 3. The molecular weight excluding hydrogens is 404 g/mol. The Hall–Kier alpha value is -3.56. The summed E-state index contributed by atoms with van der Waals surface area (Å²) in [6.07, 6.45) is 0.596. The van der Waals surface area contributed by atoms with Gasteiger partial charge < -0.3 is 0 Å². The van der Waals surface area contributed by atoms with Gasteiger partial charge in [-0.2, -0.15) is 5.10 Å². The van der Waals surface area contributed by atoms with E-state index in [0.717, 1.165) is 16.8 Å². The summed E-state index contributed by atoms with van der Waals surface area (Å²) >= 11 is 0. The maximum Gasteiger partial charge on any atom is 0.269 e. The number of nitrogens with two attached hydrogens (primary N) is 1. The Morgan fingerprint density at radius 1 is 0.967 bits per heavy atom. The fourth-order valence-electron chi connectivity index (χ4n) is 3.42. The number of hydrogen-bond donors (Lipinski definition) is 1. The molecule has 1 aliphatic rings. The second-order valence-corrected chi connectivity index (χ2v) is 8.43. The van der Waals surface area contributed by atoms with Crippen LogP contribution in [0.4, 0.5) is 11.4 Å². The van der Waals surface area contributed by atoms with Gasteiger partial charge in [0.2, 0.25) is 10.0 Å². The third-order valence-electron chi connectivity index (χ3n) is 4.94. The van der Waals surface area contributed by atoms with Crippen molar-refractivity contribution in [1.82, 2.24) is 0 Å². The van der Waals surface area contributed by atoms with E-state index in [1.165, 1.54) is 24.3 Å². The van der Waals surface area contributed by atoms with Gasteiger partial charge in [0, 0.05) is 18.6 Å². The van der Waals surface area contributed by atoms with Crippen LogP contribution in [0.15, 0.2) is 88.9 Å². The molecule has 1 atom stereocenters. The van der Waals surface area contributed by atoms with Gasteiger partial charge in [-0.1, -0.05) is 30.3 Å². The quantitative estimate of drug-likeness (QED) is 0.498. The molecule has 0 amide bonds. The third-order valence-corrected chi connectivity index (χ3v) is 5.87. The zero-order valence-corrected chi connectivity index (χ0v) is 16.6. The topological polar surface area (TPSA) is 119 Å². The van der Waals surface area contributed by atoms with Crippen molar-refractivity contribution in [2.24, 2.45) is 10.2 Å². The number of hydrazone groups is 1. The van der Waals surface area contributed by atoms with Crippen molar-refractivity contribution in [3.05, 3.63) is 100 Å². The van der Waals surface area contributed by atoms with Crippen LogP contribution in [-0.4, -0.2) is 19.1 Å². The highest BCUT2D eigenvalue weighted by atomic mass is 32.2. The predicted octanol–water partition coefficient (Wildman–Crippen LogP) is 3.60.